The molecule has 3 heterocycles. The molecule has 1 aromatic rings. The molecular weight excluding hydrogens is 382 g/mol. The number of hydrogen-bond donors (Lipinski definition) is 0. The second kappa shape index (κ2) is 8.47. The minimum atomic E-state index is -0.498. The van der Waals surface area contributed by atoms with E-state index in [2.05, 4.69) is 17.0 Å². The summed E-state index contributed by atoms with van der Waals surface area (Å²) in [6, 6.07) is 9.35. The number of methoxy groups -OCH3 is 1. The number of nitrogens with zero attached hydrogens (tertiary/aromatic N) is 5. The van der Waals surface area contributed by atoms with Gasteiger partial charge in [0.1, 0.15) is 0 Å². The van der Waals surface area contributed by atoms with Crippen LogP contribution >= 0.6 is 0 Å². The molecule has 0 aromatic heterocycles. The average molecular weight is 412 g/mol. The van der Waals surface area contributed by atoms with Crippen LogP contribution in [0.1, 0.15) is 25.3 Å². The number of guanidine groups is 1. The number of aliphatic imine (C=N–C) groups is 1. The zero-order chi connectivity index (χ0) is 21.3. The largest absolute Gasteiger partial charge is 0.385 e. The Bertz CT molecular complexity index is 869. The topological polar surface area (TPSA) is 68.7 Å². The maximum Gasteiger partial charge on any atom is 0.328 e. The molecule has 0 bridgehead atoms. The summed E-state index contributed by atoms with van der Waals surface area (Å²) in [5.41, 5.74) is 2.25. The number of rotatable bonds is 8. The van der Waals surface area contributed by atoms with Crippen molar-refractivity contribution in [2.24, 2.45) is 4.99 Å². The Morgan fingerprint density at radius 2 is 1.80 bits per heavy atom. The highest BCUT2D eigenvalue weighted by atomic mass is 16.5. The summed E-state index contributed by atoms with van der Waals surface area (Å²) in [5, 5.41) is 0. The molecule has 160 valence electrons. The van der Waals surface area contributed by atoms with E-state index in [9.17, 15) is 9.59 Å². The van der Waals surface area contributed by atoms with Gasteiger partial charge in [-0.2, -0.15) is 0 Å². The van der Waals surface area contributed by atoms with Crippen LogP contribution in [-0.2, 0) is 16.0 Å². The van der Waals surface area contributed by atoms with Crippen LogP contribution in [0.3, 0.4) is 0 Å². The lowest BCUT2D eigenvalue weighted by molar-refractivity contribution is -0.136. The number of urea groups is 1. The molecule has 0 spiro atoms. The molecule has 8 nitrogen and oxygen atoms in total. The molecular formula is C22H29N5O3. The number of ether oxygens (including phenoxy) is 1. The fraction of sp³-hybridized carbons (Fsp3) is 0.500. The van der Waals surface area contributed by atoms with E-state index in [1.807, 2.05) is 36.2 Å². The van der Waals surface area contributed by atoms with Gasteiger partial charge in [-0.15, -0.1) is 0 Å². The van der Waals surface area contributed by atoms with E-state index in [0.717, 1.165) is 37.5 Å². The van der Waals surface area contributed by atoms with Gasteiger partial charge in [0, 0.05) is 45.8 Å². The van der Waals surface area contributed by atoms with Crippen LogP contribution in [-0.4, -0.2) is 83.6 Å². The number of likely N-dealkylation sites (N-methyl/N-ethyl adjacent to an activating group) is 1. The summed E-state index contributed by atoms with van der Waals surface area (Å²) in [6.07, 6.45) is 3.91. The minimum absolute atomic E-state index is 0.169. The summed E-state index contributed by atoms with van der Waals surface area (Å²) >= 11 is 0. The molecule has 0 radical (unpaired) electrons. The first-order chi connectivity index (χ1) is 14.5. The van der Waals surface area contributed by atoms with Crippen molar-refractivity contribution in [2.45, 2.75) is 38.4 Å². The first kappa shape index (κ1) is 20.4. The first-order valence-corrected chi connectivity index (χ1v) is 10.5. The number of imide groups is 1. The third-order valence-electron chi connectivity index (χ3n) is 5.92. The SMILES string of the molecule is COCCCN1C(C)=CN2C1=NC1C2C(=O)N(CCCc2ccccc2)C(=O)N1C. The van der Waals surface area contributed by atoms with E-state index < -0.39 is 12.2 Å². The van der Waals surface area contributed by atoms with Crippen molar-refractivity contribution in [2.75, 3.05) is 33.9 Å². The quantitative estimate of drug-likeness (QED) is 0.613. The normalized spacial score (nSPS) is 23.0. The highest BCUT2D eigenvalue weighted by molar-refractivity contribution is 6.04. The second-order valence-electron chi connectivity index (χ2n) is 7.94. The molecule has 0 aliphatic carbocycles. The van der Waals surface area contributed by atoms with Crippen LogP contribution in [0.4, 0.5) is 4.79 Å². The Labute approximate surface area is 177 Å². The third-order valence-corrected chi connectivity index (χ3v) is 5.92. The lowest BCUT2D eigenvalue weighted by Crippen LogP contribution is -2.64. The molecule has 3 amide bonds. The van der Waals surface area contributed by atoms with Gasteiger partial charge in [-0.05, 0) is 31.7 Å². The van der Waals surface area contributed by atoms with Gasteiger partial charge in [0.2, 0.25) is 5.96 Å². The van der Waals surface area contributed by atoms with Gasteiger partial charge in [-0.3, -0.25) is 9.69 Å². The van der Waals surface area contributed by atoms with E-state index in [0.29, 0.717) is 13.2 Å². The van der Waals surface area contributed by atoms with E-state index in [4.69, 9.17) is 9.73 Å². The summed E-state index contributed by atoms with van der Waals surface area (Å²) < 4.78 is 5.16. The summed E-state index contributed by atoms with van der Waals surface area (Å²) in [4.78, 5) is 38.0. The van der Waals surface area contributed by atoms with E-state index in [1.54, 1.807) is 19.1 Å². The van der Waals surface area contributed by atoms with Crippen LogP contribution in [0, 0.1) is 0 Å². The molecule has 3 aliphatic rings. The third kappa shape index (κ3) is 3.56. The van der Waals surface area contributed by atoms with Crippen molar-refractivity contribution in [1.29, 1.82) is 0 Å². The van der Waals surface area contributed by atoms with Gasteiger partial charge < -0.3 is 19.4 Å². The molecule has 1 fully saturated rings. The van der Waals surface area contributed by atoms with Crippen LogP contribution in [0.2, 0.25) is 0 Å². The number of carbonyl (C=O) groups excluding carboxylic acids is 2. The summed E-state index contributed by atoms with van der Waals surface area (Å²) in [5.74, 6) is 0.579. The summed E-state index contributed by atoms with van der Waals surface area (Å²) in [7, 11) is 3.42. The molecule has 1 aromatic carbocycles. The van der Waals surface area contributed by atoms with Gasteiger partial charge in [-0.1, -0.05) is 30.3 Å². The fourth-order valence-electron chi connectivity index (χ4n) is 4.34. The zero-order valence-corrected chi connectivity index (χ0v) is 17.8. The van der Waals surface area contributed by atoms with Gasteiger partial charge in [0.25, 0.3) is 5.91 Å². The van der Waals surface area contributed by atoms with Crippen LogP contribution in [0.25, 0.3) is 0 Å². The van der Waals surface area contributed by atoms with Crippen molar-refractivity contribution in [3.63, 3.8) is 0 Å². The number of amides is 3. The Morgan fingerprint density at radius 1 is 1.07 bits per heavy atom. The minimum Gasteiger partial charge on any atom is -0.385 e. The van der Waals surface area contributed by atoms with Crippen molar-refractivity contribution >= 4 is 17.9 Å². The Balaban J connectivity index is 1.46. The van der Waals surface area contributed by atoms with Crippen LogP contribution in [0.15, 0.2) is 47.2 Å². The maximum atomic E-state index is 13.3. The highest BCUT2D eigenvalue weighted by Gasteiger charge is 2.53. The molecule has 1 saturated heterocycles. The van der Waals surface area contributed by atoms with Crippen molar-refractivity contribution in [3.05, 3.63) is 47.8 Å². The number of hydrogen-bond acceptors (Lipinski definition) is 6. The Hall–Kier alpha value is -2.87. The van der Waals surface area contributed by atoms with Crippen molar-refractivity contribution in [3.8, 4) is 0 Å². The second-order valence-corrected chi connectivity index (χ2v) is 7.94. The predicted molar refractivity (Wildman–Crippen MR) is 113 cm³/mol. The van der Waals surface area contributed by atoms with Gasteiger partial charge in [0.05, 0.1) is 0 Å². The monoisotopic (exact) mass is 411 g/mol. The Morgan fingerprint density at radius 3 is 2.53 bits per heavy atom. The summed E-state index contributed by atoms with van der Waals surface area (Å²) in [6.45, 7) is 3.85. The number of carbonyl (C=O) groups is 2. The van der Waals surface area contributed by atoms with Gasteiger partial charge in [-0.25, -0.2) is 9.79 Å². The van der Waals surface area contributed by atoms with Crippen molar-refractivity contribution < 1.29 is 14.3 Å². The number of aryl methyl sites for hydroxylation is 1. The molecule has 8 heteroatoms. The van der Waals surface area contributed by atoms with Gasteiger partial charge >= 0.3 is 6.03 Å². The molecule has 3 aliphatic heterocycles. The zero-order valence-electron chi connectivity index (χ0n) is 17.8. The predicted octanol–water partition coefficient (Wildman–Crippen LogP) is 2.09. The smallest absolute Gasteiger partial charge is 0.328 e. The average Bonchev–Trinajstić information content (AvgIpc) is 3.25. The number of benzene rings is 1. The first-order valence-electron chi connectivity index (χ1n) is 10.5. The molecule has 0 saturated carbocycles. The fourth-order valence-corrected chi connectivity index (χ4v) is 4.34. The van der Waals surface area contributed by atoms with E-state index in [-0.39, 0.29) is 11.9 Å². The molecule has 0 N–H and O–H groups in total. The number of allylic oxidation sites excluding steroid dienone is 1. The molecule has 2 atom stereocenters. The van der Waals surface area contributed by atoms with Gasteiger partial charge in [0.15, 0.2) is 12.2 Å². The van der Waals surface area contributed by atoms with Crippen molar-refractivity contribution in [1.82, 2.24) is 19.6 Å². The standard InChI is InChI=1S/C22H29N5O3/c1-16-15-27-18-19(23-21(27)25(16)13-8-14-30-3)24(2)22(29)26(20(18)28)12-7-11-17-9-5-4-6-10-17/h4-6,9-10,15,18-19H,7-8,11-14H2,1-3H3. The lowest BCUT2D eigenvalue weighted by Gasteiger charge is -2.40. The lowest BCUT2D eigenvalue weighted by atomic mass is 10.1. The number of fused-ring (bicyclic) bond motifs is 3. The van der Waals surface area contributed by atoms with E-state index in [1.165, 1.54) is 10.5 Å². The molecule has 2 unspecified atom stereocenters. The molecule has 4 rings (SSSR count). The maximum absolute atomic E-state index is 13.3. The van der Waals surface area contributed by atoms with E-state index >= 15 is 0 Å². The highest BCUT2D eigenvalue weighted by Crippen LogP contribution is 2.34. The Kier molecular flexibility index (Phi) is 5.76. The van der Waals surface area contributed by atoms with Crippen LogP contribution < -0.4 is 0 Å². The van der Waals surface area contributed by atoms with Crippen LogP contribution in [0.5, 0.6) is 0 Å². The molecule has 30 heavy (non-hydrogen) atoms.